The Labute approximate surface area is 272 Å². The van der Waals surface area contributed by atoms with Crippen molar-refractivity contribution in [2.75, 3.05) is 40.3 Å². The smallest absolute Gasteiger partial charge is 0.460 e. The summed E-state index contributed by atoms with van der Waals surface area (Å²) in [7, 11) is -6.14. The van der Waals surface area contributed by atoms with Gasteiger partial charge in [0.15, 0.2) is 6.54 Å². The van der Waals surface area contributed by atoms with Crippen molar-refractivity contribution in [2.45, 2.75) is 71.2 Å². The molecule has 0 saturated heterocycles. The minimum atomic E-state index is -9.68. The first kappa shape index (κ1) is 49.2. The van der Waals surface area contributed by atoms with Crippen LogP contribution in [0.1, 0.15) is 6.42 Å². The van der Waals surface area contributed by atoms with Crippen LogP contribution in [0.5, 0.6) is 0 Å². The molecule has 0 heterocycles. The van der Waals surface area contributed by atoms with Gasteiger partial charge in [0.2, 0.25) is 0 Å². The van der Waals surface area contributed by atoms with Crippen molar-refractivity contribution in [3.8, 4) is 0 Å². The van der Waals surface area contributed by atoms with Crippen LogP contribution in [0, 0.1) is 0 Å². The van der Waals surface area contributed by atoms with E-state index in [1.54, 1.807) is 0 Å². The highest BCUT2D eigenvalue weighted by Crippen LogP contribution is 2.67. The van der Waals surface area contributed by atoms with Gasteiger partial charge in [-0.1, -0.05) is 0 Å². The lowest BCUT2D eigenvalue weighted by Gasteiger charge is -2.45. The third-order valence-corrected chi connectivity index (χ3v) is 8.48. The molecule has 0 aromatic carbocycles. The molecule has 0 rings (SSSR count). The Morgan fingerprint density at radius 1 is 0.519 bits per heavy atom. The van der Waals surface area contributed by atoms with Gasteiger partial charge in [0, 0.05) is 13.0 Å². The quantitative estimate of drug-likeness (QED) is 0.120. The van der Waals surface area contributed by atoms with Crippen molar-refractivity contribution in [2.24, 2.45) is 0 Å². The zero-order chi connectivity index (χ0) is 42.8. The molecular weight excluding hydrogens is 833 g/mol. The van der Waals surface area contributed by atoms with Gasteiger partial charge in [-0.25, -0.2) is 13.2 Å². The number of hydrogen-bond donors (Lipinski definition) is 2. The number of hydrogen-bond acceptors (Lipinski definition) is 4. The summed E-state index contributed by atoms with van der Waals surface area (Å²) in [6, 6.07) is 0. The molecule has 0 amide bonds. The van der Waals surface area contributed by atoms with Gasteiger partial charge in [-0.2, -0.15) is 105 Å². The number of nitrogens with zero attached hydrogens (tertiary/aromatic N) is 2. The number of sulfonamides is 1. The second-order valence-corrected chi connectivity index (χ2v) is 13.0. The lowest BCUT2D eigenvalue weighted by atomic mass is 9.86. The molecule has 2 N–H and O–H groups in total. The Morgan fingerprint density at radius 3 is 1.08 bits per heavy atom. The third-order valence-electron chi connectivity index (χ3n) is 6.59. The van der Waals surface area contributed by atoms with E-state index in [2.05, 4.69) is 0 Å². The predicted octanol–water partition coefficient (Wildman–Crippen LogP) is 6.13. The molecule has 0 saturated carbocycles. The first-order valence-electron chi connectivity index (χ1n) is 12.3. The van der Waals surface area contributed by atoms with Crippen LogP contribution in [0.2, 0.25) is 0 Å². The van der Waals surface area contributed by atoms with E-state index in [1.165, 1.54) is 0 Å². The molecule has 0 aromatic rings. The summed E-state index contributed by atoms with van der Waals surface area (Å²) in [6.07, 6.45) is -9.36. The lowest BCUT2D eigenvalue weighted by Crippen LogP contribution is -2.78. The van der Waals surface area contributed by atoms with Crippen LogP contribution in [0.3, 0.4) is 0 Å². The topological polar surface area (TPSA) is 112 Å². The standard InChI is InChI=1S/C20H17F23N2O6S/c1-45(2,7-9(48)49)5-3-4-44(6-8(46)47)52(50,51)20(42,43)18(37,38)16(33,34)14(29,30)12(25,26)10(21,22)11(23,24)13(27,28)15(31,32)17(35,36)19(39,40)41/h3-7H2,1-2H3,(H-,46,47,48,49)/p+1. The number of halogens is 23. The maximum Gasteiger partial charge on any atom is 0.460 e. The number of carboxylic acid groups (broad SMARTS) is 2. The highest BCUT2D eigenvalue weighted by atomic mass is 32.2. The van der Waals surface area contributed by atoms with Crippen LogP contribution >= 0.6 is 0 Å². The molecule has 0 unspecified atom stereocenters. The van der Waals surface area contributed by atoms with Crippen molar-refractivity contribution in [1.29, 1.82) is 0 Å². The second kappa shape index (κ2) is 13.5. The summed E-state index contributed by atoms with van der Waals surface area (Å²) < 4.78 is 336. The van der Waals surface area contributed by atoms with Gasteiger partial charge in [0.25, 0.3) is 10.0 Å². The minimum absolute atomic E-state index is 0.789. The highest BCUT2D eigenvalue weighted by molar-refractivity contribution is 7.90. The van der Waals surface area contributed by atoms with Gasteiger partial charge in [-0.3, -0.25) is 4.79 Å². The van der Waals surface area contributed by atoms with E-state index in [0.29, 0.717) is 0 Å². The van der Waals surface area contributed by atoms with E-state index < -0.39 is 128 Å². The Bertz CT molecular complexity index is 1440. The second-order valence-electron chi connectivity index (χ2n) is 11.0. The van der Waals surface area contributed by atoms with Crippen LogP contribution in [-0.2, 0) is 19.6 Å². The van der Waals surface area contributed by atoms with E-state index in [0.717, 1.165) is 14.1 Å². The molecule has 310 valence electrons. The summed E-state index contributed by atoms with van der Waals surface area (Å²) in [4.78, 5) is 21.7. The highest BCUT2D eigenvalue weighted by Gasteiger charge is 2.99. The van der Waals surface area contributed by atoms with Gasteiger partial charge in [-0.15, -0.1) is 0 Å². The van der Waals surface area contributed by atoms with Gasteiger partial charge < -0.3 is 14.7 Å². The average molecular weight is 851 g/mol. The zero-order valence-electron chi connectivity index (χ0n) is 24.6. The van der Waals surface area contributed by atoms with Crippen LogP contribution in [0.15, 0.2) is 0 Å². The third kappa shape index (κ3) is 7.21. The van der Waals surface area contributed by atoms with Crippen LogP contribution in [-0.4, -0.2) is 144 Å². The molecule has 0 spiro atoms. The summed E-state index contributed by atoms with van der Waals surface area (Å²) >= 11 is 0. The number of alkyl halides is 23. The first-order chi connectivity index (χ1) is 22.2. The monoisotopic (exact) mass is 851 g/mol. The molecule has 0 aromatic heterocycles. The van der Waals surface area contributed by atoms with Gasteiger partial charge >= 0.3 is 76.7 Å². The van der Waals surface area contributed by atoms with Crippen molar-refractivity contribution >= 4 is 22.0 Å². The van der Waals surface area contributed by atoms with Crippen molar-refractivity contribution < 1.29 is 134 Å². The maximum absolute atomic E-state index is 14.6. The van der Waals surface area contributed by atoms with E-state index in [-0.39, 0.29) is 0 Å². The van der Waals surface area contributed by atoms with E-state index in [4.69, 9.17) is 10.2 Å². The van der Waals surface area contributed by atoms with Crippen LogP contribution < -0.4 is 0 Å². The molecule has 0 aliphatic heterocycles. The molecule has 0 fully saturated rings. The molecule has 0 aliphatic rings. The molecule has 0 radical (unpaired) electrons. The Hall–Kier alpha value is -2.80. The van der Waals surface area contributed by atoms with Crippen molar-refractivity contribution in [1.82, 2.24) is 4.31 Å². The fraction of sp³-hybridized carbons (Fsp3) is 0.900. The average Bonchev–Trinajstić information content (AvgIpc) is 2.89. The SMILES string of the molecule is C[N+](C)(CCCN(CC(=O)O)S(=O)(=O)C(F)(F)C(F)(F)C(F)(F)C(F)(F)C(F)(F)C(F)(F)C(F)(F)C(F)(F)C(F)(F)C(F)(F)C(F)(F)F)CC(=O)O. The normalized spacial score (nSPS) is 16.0. The van der Waals surface area contributed by atoms with Gasteiger partial charge in [0.1, 0.15) is 6.54 Å². The molecule has 8 nitrogen and oxygen atoms in total. The number of quaternary nitrogens is 1. The lowest BCUT2D eigenvalue weighted by molar-refractivity contribution is -0.883. The fourth-order valence-corrected chi connectivity index (χ4v) is 5.05. The molecule has 0 bridgehead atoms. The van der Waals surface area contributed by atoms with E-state index in [9.17, 15) is 119 Å². The maximum atomic E-state index is 14.6. The Kier molecular flexibility index (Phi) is 12.8. The van der Waals surface area contributed by atoms with E-state index in [1.807, 2.05) is 0 Å². The molecular formula is C20H18F23N2O6S+. The largest absolute Gasteiger partial charge is 0.480 e. The number of aliphatic carboxylic acids is 2. The van der Waals surface area contributed by atoms with Gasteiger partial charge in [0.05, 0.1) is 20.6 Å². The Morgan fingerprint density at radius 2 is 0.808 bits per heavy atom. The fourth-order valence-electron chi connectivity index (χ4n) is 3.62. The molecule has 0 aliphatic carbocycles. The Balaban J connectivity index is 7.33. The number of carbonyl (C=O) groups is 2. The zero-order valence-corrected chi connectivity index (χ0v) is 25.4. The van der Waals surface area contributed by atoms with Crippen LogP contribution in [0.25, 0.3) is 0 Å². The summed E-state index contributed by atoms with van der Waals surface area (Å²) in [5, 5.41) is 9.24. The van der Waals surface area contributed by atoms with E-state index >= 15 is 0 Å². The number of carboxylic acids is 2. The van der Waals surface area contributed by atoms with Crippen molar-refractivity contribution in [3.63, 3.8) is 0 Å². The number of rotatable bonds is 19. The number of likely N-dealkylation sites (N-methyl/N-ethyl adjacent to an activating group) is 1. The first-order valence-corrected chi connectivity index (χ1v) is 13.7. The summed E-state index contributed by atoms with van der Waals surface area (Å²) in [5.41, 5.74) is 0. The summed E-state index contributed by atoms with van der Waals surface area (Å²) in [5.74, 6) is -88.4. The minimum Gasteiger partial charge on any atom is -0.480 e. The van der Waals surface area contributed by atoms with Crippen molar-refractivity contribution in [3.05, 3.63) is 0 Å². The van der Waals surface area contributed by atoms with Gasteiger partial charge in [-0.05, 0) is 0 Å². The molecule has 32 heteroatoms. The van der Waals surface area contributed by atoms with Crippen LogP contribution in [0.4, 0.5) is 101 Å². The summed E-state index contributed by atoms with van der Waals surface area (Å²) in [6.45, 7) is -6.19. The predicted molar refractivity (Wildman–Crippen MR) is 118 cm³/mol. The molecule has 0 atom stereocenters. The molecule has 52 heavy (non-hydrogen) atoms.